The number of carbonyl (C=O) groups is 1. The molecule has 2 rings (SSSR count). The summed E-state index contributed by atoms with van der Waals surface area (Å²) in [4.78, 5) is 12.1. The first-order valence-electron chi connectivity index (χ1n) is 6.43. The van der Waals surface area contributed by atoms with Crippen LogP contribution in [0.4, 0.5) is 0 Å². The van der Waals surface area contributed by atoms with Crippen LogP contribution < -0.4 is 5.32 Å². The summed E-state index contributed by atoms with van der Waals surface area (Å²) in [6.45, 7) is 3.55. The van der Waals surface area contributed by atoms with Gasteiger partial charge in [0.2, 0.25) is 0 Å². The summed E-state index contributed by atoms with van der Waals surface area (Å²) < 4.78 is 1.63. The average Bonchev–Trinajstić information content (AvgIpc) is 2.98. The highest BCUT2D eigenvalue weighted by Gasteiger charge is 2.25. The zero-order chi connectivity index (χ0) is 14.6. The third-order valence-electron chi connectivity index (χ3n) is 3.19. The number of nitriles is 1. The SMILES string of the molecule is CCC(C)(C#N)NC(=O)c1ccn(-c2ccccc2)n1. The van der Waals surface area contributed by atoms with Crippen LogP contribution >= 0.6 is 0 Å². The van der Waals surface area contributed by atoms with Crippen molar-refractivity contribution in [1.82, 2.24) is 15.1 Å². The molecule has 0 bridgehead atoms. The fourth-order valence-corrected chi connectivity index (χ4v) is 1.68. The summed E-state index contributed by atoms with van der Waals surface area (Å²) in [6, 6.07) is 13.3. The van der Waals surface area contributed by atoms with Crippen molar-refractivity contribution in [3.05, 3.63) is 48.3 Å². The van der Waals surface area contributed by atoms with E-state index in [1.54, 1.807) is 23.9 Å². The predicted molar refractivity (Wildman–Crippen MR) is 75.3 cm³/mol. The molecule has 1 amide bonds. The fraction of sp³-hybridized carbons (Fsp3) is 0.267. The Hall–Kier alpha value is -2.61. The Morgan fingerprint density at radius 3 is 2.70 bits per heavy atom. The zero-order valence-corrected chi connectivity index (χ0v) is 11.5. The quantitative estimate of drug-likeness (QED) is 0.924. The van der Waals surface area contributed by atoms with Crippen molar-refractivity contribution >= 4 is 5.91 Å². The van der Waals surface area contributed by atoms with E-state index < -0.39 is 5.54 Å². The average molecular weight is 268 g/mol. The topological polar surface area (TPSA) is 70.7 Å². The minimum Gasteiger partial charge on any atom is -0.333 e. The van der Waals surface area contributed by atoms with Crippen molar-refractivity contribution in [3.63, 3.8) is 0 Å². The maximum atomic E-state index is 12.1. The first-order chi connectivity index (χ1) is 9.58. The number of hydrogen-bond donors (Lipinski definition) is 1. The van der Waals surface area contributed by atoms with E-state index in [1.807, 2.05) is 37.3 Å². The molecule has 5 nitrogen and oxygen atoms in total. The lowest BCUT2D eigenvalue weighted by atomic mass is 10.0. The molecular weight excluding hydrogens is 252 g/mol. The number of hydrogen-bond acceptors (Lipinski definition) is 3. The maximum Gasteiger partial charge on any atom is 0.273 e. The summed E-state index contributed by atoms with van der Waals surface area (Å²) in [5, 5.41) is 16.0. The molecule has 1 atom stereocenters. The fourth-order valence-electron chi connectivity index (χ4n) is 1.68. The van der Waals surface area contributed by atoms with Gasteiger partial charge in [-0.3, -0.25) is 4.79 Å². The van der Waals surface area contributed by atoms with Gasteiger partial charge in [0.15, 0.2) is 5.69 Å². The number of nitrogens with one attached hydrogen (secondary N) is 1. The van der Waals surface area contributed by atoms with E-state index in [-0.39, 0.29) is 5.91 Å². The van der Waals surface area contributed by atoms with E-state index in [0.717, 1.165) is 5.69 Å². The van der Waals surface area contributed by atoms with Crippen molar-refractivity contribution in [3.8, 4) is 11.8 Å². The normalized spacial score (nSPS) is 13.2. The van der Waals surface area contributed by atoms with Crippen LogP contribution in [0.25, 0.3) is 5.69 Å². The molecule has 0 radical (unpaired) electrons. The monoisotopic (exact) mass is 268 g/mol. The molecule has 1 aromatic heterocycles. The van der Waals surface area contributed by atoms with Crippen molar-refractivity contribution in [1.29, 1.82) is 5.26 Å². The van der Waals surface area contributed by atoms with Gasteiger partial charge in [-0.1, -0.05) is 25.1 Å². The second-order valence-corrected chi connectivity index (χ2v) is 4.73. The lowest BCUT2D eigenvalue weighted by Gasteiger charge is -2.20. The van der Waals surface area contributed by atoms with Crippen LogP contribution in [0, 0.1) is 11.3 Å². The van der Waals surface area contributed by atoms with Gasteiger partial charge in [0, 0.05) is 6.20 Å². The first-order valence-corrected chi connectivity index (χ1v) is 6.43. The molecule has 0 aliphatic heterocycles. The van der Waals surface area contributed by atoms with Gasteiger partial charge in [-0.15, -0.1) is 0 Å². The van der Waals surface area contributed by atoms with Crippen LogP contribution in [0.5, 0.6) is 0 Å². The van der Waals surface area contributed by atoms with Crippen LogP contribution in [-0.4, -0.2) is 21.2 Å². The van der Waals surface area contributed by atoms with Gasteiger partial charge in [-0.05, 0) is 31.5 Å². The van der Waals surface area contributed by atoms with Crippen LogP contribution in [0.1, 0.15) is 30.8 Å². The van der Waals surface area contributed by atoms with Crippen LogP contribution in [-0.2, 0) is 0 Å². The molecule has 0 saturated carbocycles. The van der Waals surface area contributed by atoms with Gasteiger partial charge >= 0.3 is 0 Å². The Labute approximate surface area is 117 Å². The van der Waals surface area contributed by atoms with Gasteiger partial charge in [0.1, 0.15) is 5.54 Å². The molecule has 0 aliphatic carbocycles. The highest BCUT2D eigenvalue weighted by molar-refractivity contribution is 5.93. The van der Waals surface area contributed by atoms with E-state index in [1.165, 1.54) is 0 Å². The first kappa shape index (κ1) is 13.8. The molecule has 5 heteroatoms. The number of amides is 1. The van der Waals surface area contributed by atoms with Crippen LogP contribution in [0.15, 0.2) is 42.6 Å². The van der Waals surface area contributed by atoms with Crippen LogP contribution in [0.3, 0.4) is 0 Å². The largest absolute Gasteiger partial charge is 0.333 e. The lowest BCUT2D eigenvalue weighted by Crippen LogP contribution is -2.44. The molecule has 0 fully saturated rings. The van der Waals surface area contributed by atoms with Crippen molar-refractivity contribution < 1.29 is 4.79 Å². The molecule has 1 N–H and O–H groups in total. The number of benzene rings is 1. The summed E-state index contributed by atoms with van der Waals surface area (Å²) in [5.74, 6) is -0.342. The molecular formula is C15H16N4O. The molecule has 1 unspecified atom stereocenters. The van der Waals surface area contributed by atoms with Gasteiger partial charge in [-0.25, -0.2) is 4.68 Å². The molecule has 0 aliphatic rings. The van der Waals surface area contributed by atoms with Crippen LogP contribution in [0.2, 0.25) is 0 Å². The van der Waals surface area contributed by atoms with E-state index in [9.17, 15) is 4.79 Å². The molecule has 2 aromatic rings. The number of rotatable bonds is 4. The molecule has 0 saturated heterocycles. The number of nitrogens with zero attached hydrogens (tertiary/aromatic N) is 3. The molecule has 1 aromatic carbocycles. The summed E-state index contributed by atoms with van der Waals surface area (Å²) >= 11 is 0. The lowest BCUT2D eigenvalue weighted by molar-refractivity contribution is 0.0917. The minimum atomic E-state index is -0.867. The predicted octanol–water partition coefficient (Wildman–Crippen LogP) is 2.29. The summed E-state index contributed by atoms with van der Waals surface area (Å²) in [5.41, 5.74) is 0.307. The molecule has 1 heterocycles. The number of para-hydroxylation sites is 1. The Kier molecular flexibility index (Phi) is 3.85. The number of aromatic nitrogens is 2. The highest BCUT2D eigenvalue weighted by atomic mass is 16.2. The minimum absolute atomic E-state index is 0.295. The van der Waals surface area contributed by atoms with Crippen molar-refractivity contribution in [2.24, 2.45) is 0 Å². The van der Waals surface area contributed by atoms with Gasteiger partial charge in [0.05, 0.1) is 11.8 Å². The van der Waals surface area contributed by atoms with E-state index in [0.29, 0.717) is 12.1 Å². The Morgan fingerprint density at radius 1 is 1.40 bits per heavy atom. The maximum absolute atomic E-state index is 12.1. The highest BCUT2D eigenvalue weighted by Crippen LogP contribution is 2.10. The molecule has 20 heavy (non-hydrogen) atoms. The second kappa shape index (κ2) is 5.57. The second-order valence-electron chi connectivity index (χ2n) is 4.73. The Balaban J connectivity index is 2.18. The third kappa shape index (κ3) is 2.86. The zero-order valence-electron chi connectivity index (χ0n) is 11.5. The number of carbonyl (C=O) groups excluding carboxylic acids is 1. The third-order valence-corrected chi connectivity index (χ3v) is 3.19. The van der Waals surface area contributed by atoms with Crippen molar-refractivity contribution in [2.45, 2.75) is 25.8 Å². The van der Waals surface area contributed by atoms with Gasteiger partial charge in [0.25, 0.3) is 5.91 Å². The Morgan fingerprint density at radius 2 is 2.10 bits per heavy atom. The summed E-state index contributed by atoms with van der Waals surface area (Å²) in [6.07, 6.45) is 2.26. The Bertz CT molecular complexity index is 641. The summed E-state index contributed by atoms with van der Waals surface area (Å²) in [7, 11) is 0. The van der Waals surface area contributed by atoms with E-state index >= 15 is 0 Å². The van der Waals surface area contributed by atoms with Gasteiger partial charge < -0.3 is 5.32 Å². The smallest absolute Gasteiger partial charge is 0.273 e. The van der Waals surface area contributed by atoms with Crippen molar-refractivity contribution in [2.75, 3.05) is 0 Å². The van der Waals surface area contributed by atoms with E-state index in [2.05, 4.69) is 16.5 Å². The molecule has 102 valence electrons. The molecule has 0 spiro atoms. The van der Waals surface area contributed by atoms with E-state index in [4.69, 9.17) is 5.26 Å². The van der Waals surface area contributed by atoms with Gasteiger partial charge in [-0.2, -0.15) is 10.4 Å². The standard InChI is InChI=1S/C15H16N4O/c1-3-15(2,11-16)17-14(20)13-9-10-19(18-13)12-7-5-4-6-8-12/h4-10H,3H2,1-2H3,(H,17,20).